The lowest BCUT2D eigenvalue weighted by atomic mass is 10.0. The highest BCUT2D eigenvalue weighted by Gasteiger charge is 2.40. The molecule has 2 aromatic carbocycles. The van der Waals surface area contributed by atoms with E-state index in [0.717, 1.165) is 17.5 Å². The first kappa shape index (κ1) is 24.4. The maximum absolute atomic E-state index is 13.1. The smallest absolute Gasteiger partial charge is 0.268 e. The molecule has 1 saturated heterocycles. The van der Waals surface area contributed by atoms with Crippen LogP contribution in [0.25, 0.3) is 11.1 Å². The minimum atomic E-state index is -1.41. The van der Waals surface area contributed by atoms with Crippen molar-refractivity contribution in [2.24, 2.45) is 0 Å². The van der Waals surface area contributed by atoms with E-state index in [2.05, 4.69) is 24.4 Å². The molecule has 0 saturated carbocycles. The molecule has 33 heavy (non-hydrogen) atoms. The summed E-state index contributed by atoms with van der Waals surface area (Å²) < 4.78 is 0. The molecule has 0 unspecified atom stereocenters. The summed E-state index contributed by atoms with van der Waals surface area (Å²) in [4.78, 5) is 38.9. The molecule has 9 nitrogen and oxygen atoms in total. The van der Waals surface area contributed by atoms with Crippen molar-refractivity contribution < 1.29 is 29.8 Å². The second-order valence-corrected chi connectivity index (χ2v) is 8.19. The number of benzene rings is 2. The second-order valence-electron chi connectivity index (χ2n) is 8.19. The Bertz CT molecular complexity index is 990. The second kappa shape index (κ2) is 10.6. The Hall–Kier alpha value is -3.27. The van der Waals surface area contributed by atoms with Crippen molar-refractivity contribution in [1.82, 2.24) is 15.7 Å². The molecule has 1 heterocycles. The molecular weight excluding hydrogens is 426 g/mol. The molecule has 0 radical (unpaired) electrons. The number of aryl methyl sites for hydroxylation is 1. The van der Waals surface area contributed by atoms with Gasteiger partial charge in [-0.05, 0) is 42.2 Å². The number of hydrogen-bond donors (Lipinski definition) is 5. The van der Waals surface area contributed by atoms with Crippen LogP contribution < -0.4 is 10.8 Å². The van der Waals surface area contributed by atoms with Crippen molar-refractivity contribution in [2.75, 3.05) is 6.54 Å². The fourth-order valence-corrected chi connectivity index (χ4v) is 3.92. The van der Waals surface area contributed by atoms with Crippen molar-refractivity contribution in [2.45, 2.75) is 51.0 Å². The molecule has 3 amide bonds. The molecule has 0 aliphatic carbocycles. The first-order valence-electron chi connectivity index (χ1n) is 10.9. The van der Waals surface area contributed by atoms with Crippen LogP contribution in [-0.4, -0.2) is 68.9 Å². The lowest BCUT2D eigenvalue weighted by Crippen LogP contribution is -2.56. The molecule has 176 valence electrons. The van der Waals surface area contributed by atoms with Crippen LogP contribution in [0.3, 0.4) is 0 Å². The number of rotatable bonds is 7. The number of aliphatic hydroxyl groups is 2. The third-order valence-corrected chi connectivity index (χ3v) is 5.84. The van der Waals surface area contributed by atoms with Crippen LogP contribution in [0, 0.1) is 0 Å². The van der Waals surface area contributed by atoms with Crippen LogP contribution >= 0.6 is 0 Å². The van der Waals surface area contributed by atoms with Gasteiger partial charge >= 0.3 is 0 Å². The van der Waals surface area contributed by atoms with Crippen LogP contribution in [0.2, 0.25) is 0 Å². The van der Waals surface area contributed by atoms with Gasteiger partial charge in [0.2, 0.25) is 5.91 Å². The Morgan fingerprint density at radius 3 is 2.15 bits per heavy atom. The number of carbonyl (C=O) groups excluding carboxylic acids is 3. The van der Waals surface area contributed by atoms with E-state index in [4.69, 9.17) is 5.21 Å². The fourth-order valence-electron chi connectivity index (χ4n) is 3.92. The number of aliphatic hydroxyl groups excluding tert-OH is 2. The number of nitrogens with zero attached hydrogens (tertiary/aromatic N) is 1. The van der Waals surface area contributed by atoms with Gasteiger partial charge in [0, 0.05) is 18.5 Å². The van der Waals surface area contributed by atoms with E-state index < -0.39 is 42.0 Å². The molecule has 1 fully saturated rings. The first-order chi connectivity index (χ1) is 15.7. The van der Waals surface area contributed by atoms with E-state index in [0.29, 0.717) is 5.56 Å². The lowest BCUT2D eigenvalue weighted by Gasteiger charge is -2.26. The van der Waals surface area contributed by atoms with Gasteiger partial charge in [-0.2, -0.15) is 0 Å². The SMILES string of the molecule is CCc1ccc(-c2ccc(C(=O)N3C[C@H](O)C[C@H]3C(=O)N[C@H](C(=O)NO)[C@@H](C)O)cc2)cc1. The maximum Gasteiger partial charge on any atom is 0.268 e. The first-order valence-corrected chi connectivity index (χ1v) is 10.9. The van der Waals surface area contributed by atoms with E-state index in [1.807, 2.05) is 24.3 Å². The number of β-amino-alcohol motifs (C(OH)–C–C–N with tert-alkyl or cyclic N) is 1. The molecule has 0 spiro atoms. The van der Waals surface area contributed by atoms with Gasteiger partial charge < -0.3 is 20.4 Å². The van der Waals surface area contributed by atoms with Crippen LogP contribution in [0.4, 0.5) is 0 Å². The number of hydroxylamine groups is 1. The monoisotopic (exact) mass is 455 g/mol. The van der Waals surface area contributed by atoms with Gasteiger partial charge in [-0.25, -0.2) is 5.48 Å². The normalized spacial score (nSPS) is 19.6. The molecule has 0 aromatic heterocycles. The van der Waals surface area contributed by atoms with E-state index in [1.54, 1.807) is 12.1 Å². The molecular formula is C24H29N3O6. The molecule has 0 bridgehead atoms. The summed E-state index contributed by atoms with van der Waals surface area (Å²) in [6.45, 7) is 3.33. The highest BCUT2D eigenvalue weighted by Crippen LogP contribution is 2.24. The molecule has 3 rings (SSSR count). The van der Waals surface area contributed by atoms with E-state index >= 15 is 0 Å². The van der Waals surface area contributed by atoms with Crippen LogP contribution in [0.1, 0.15) is 36.2 Å². The number of amides is 3. The quantitative estimate of drug-likeness (QED) is 0.310. The van der Waals surface area contributed by atoms with E-state index in [9.17, 15) is 24.6 Å². The molecule has 1 aliphatic heterocycles. The Kier molecular flexibility index (Phi) is 7.80. The number of carbonyl (C=O) groups is 3. The van der Waals surface area contributed by atoms with Crippen LogP contribution in [-0.2, 0) is 16.0 Å². The molecule has 5 N–H and O–H groups in total. The van der Waals surface area contributed by atoms with Gasteiger partial charge in [0.05, 0.1) is 12.2 Å². The summed E-state index contributed by atoms with van der Waals surface area (Å²) in [7, 11) is 0. The minimum absolute atomic E-state index is 0.00723. The number of hydrogen-bond acceptors (Lipinski definition) is 6. The van der Waals surface area contributed by atoms with Gasteiger partial charge in [0.1, 0.15) is 12.1 Å². The predicted octanol–water partition coefficient (Wildman–Crippen LogP) is 0.862. The third kappa shape index (κ3) is 5.57. The lowest BCUT2D eigenvalue weighted by molar-refractivity contribution is -0.138. The zero-order valence-electron chi connectivity index (χ0n) is 18.6. The van der Waals surface area contributed by atoms with Gasteiger partial charge in [-0.15, -0.1) is 0 Å². The highest BCUT2D eigenvalue weighted by molar-refractivity contribution is 5.99. The standard InChI is InChI=1S/C24H29N3O6/c1-3-15-4-6-16(7-5-15)17-8-10-18(11-9-17)24(32)27-13-19(29)12-20(27)22(30)25-21(14(2)28)23(31)26-33/h4-11,14,19-21,28-29,33H,3,12-13H2,1-2H3,(H,25,30)(H,26,31)/t14-,19-,20+,21+/m1/s1. The third-order valence-electron chi connectivity index (χ3n) is 5.84. The van der Waals surface area contributed by atoms with Gasteiger partial charge in [0.25, 0.3) is 11.8 Å². The van der Waals surface area contributed by atoms with Crippen molar-refractivity contribution >= 4 is 17.7 Å². The van der Waals surface area contributed by atoms with Gasteiger partial charge in [-0.3, -0.25) is 19.6 Å². The average molecular weight is 456 g/mol. The largest absolute Gasteiger partial charge is 0.391 e. The average Bonchev–Trinajstić information content (AvgIpc) is 3.23. The summed E-state index contributed by atoms with van der Waals surface area (Å²) >= 11 is 0. The summed E-state index contributed by atoms with van der Waals surface area (Å²) in [6.07, 6.45) is -1.24. The van der Waals surface area contributed by atoms with E-state index in [-0.39, 0.29) is 13.0 Å². The van der Waals surface area contributed by atoms with E-state index in [1.165, 1.54) is 22.9 Å². The van der Waals surface area contributed by atoms with Gasteiger partial charge in [0.15, 0.2) is 0 Å². The van der Waals surface area contributed by atoms with Crippen LogP contribution in [0.5, 0.6) is 0 Å². The minimum Gasteiger partial charge on any atom is -0.391 e. The zero-order valence-corrected chi connectivity index (χ0v) is 18.6. The summed E-state index contributed by atoms with van der Waals surface area (Å²) in [5, 5.41) is 31.0. The summed E-state index contributed by atoms with van der Waals surface area (Å²) in [6, 6.07) is 12.7. The number of nitrogens with one attached hydrogen (secondary N) is 2. The summed E-state index contributed by atoms with van der Waals surface area (Å²) in [5.41, 5.74) is 4.95. The number of likely N-dealkylation sites (tertiary alicyclic amines) is 1. The Labute approximate surface area is 192 Å². The van der Waals surface area contributed by atoms with Crippen molar-refractivity contribution in [3.05, 3.63) is 59.7 Å². The molecule has 1 aliphatic rings. The van der Waals surface area contributed by atoms with Crippen LogP contribution in [0.15, 0.2) is 48.5 Å². The zero-order chi connectivity index (χ0) is 24.1. The molecule has 9 heteroatoms. The predicted molar refractivity (Wildman–Crippen MR) is 120 cm³/mol. The van der Waals surface area contributed by atoms with Gasteiger partial charge in [-0.1, -0.05) is 43.3 Å². The molecule has 4 atom stereocenters. The molecule has 2 aromatic rings. The van der Waals surface area contributed by atoms with Crippen molar-refractivity contribution in [3.63, 3.8) is 0 Å². The Morgan fingerprint density at radius 1 is 1.06 bits per heavy atom. The Morgan fingerprint density at radius 2 is 1.64 bits per heavy atom. The Balaban J connectivity index is 1.75. The van der Waals surface area contributed by atoms with Crippen molar-refractivity contribution in [3.8, 4) is 11.1 Å². The highest BCUT2D eigenvalue weighted by atomic mass is 16.5. The maximum atomic E-state index is 13.1. The fraction of sp³-hybridized carbons (Fsp3) is 0.375. The van der Waals surface area contributed by atoms with Crippen molar-refractivity contribution in [1.29, 1.82) is 0 Å². The topological polar surface area (TPSA) is 139 Å². The summed E-state index contributed by atoms with van der Waals surface area (Å²) in [5.74, 6) is -2.13.